The fraction of sp³-hybridized carbons (Fsp3) is 0.667. The molecule has 78 valence electrons. The molecule has 1 aromatic heterocycles. The summed E-state index contributed by atoms with van der Waals surface area (Å²) in [5.41, 5.74) is 6.51. The van der Waals surface area contributed by atoms with Crippen LogP contribution in [-0.4, -0.2) is 27.3 Å². The Morgan fingerprint density at radius 2 is 2.14 bits per heavy atom. The number of aromatic nitrogens is 3. The second-order valence-corrected chi connectivity index (χ2v) is 4.01. The molecule has 0 fully saturated rings. The van der Waals surface area contributed by atoms with E-state index in [9.17, 15) is 4.79 Å². The van der Waals surface area contributed by atoms with E-state index in [-0.39, 0.29) is 11.3 Å². The van der Waals surface area contributed by atoms with E-state index < -0.39 is 0 Å². The van der Waals surface area contributed by atoms with Crippen LogP contribution in [0.25, 0.3) is 0 Å². The maximum absolute atomic E-state index is 11.1. The molecule has 0 radical (unpaired) electrons. The number of ketones is 1. The number of nitrogens with two attached hydrogens (primary N) is 1. The van der Waals surface area contributed by atoms with Crippen LogP contribution in [0.4, 0.5) is 0 Å². The minimum absolute atomic E-state index is 0.0680. The number of Topliss-reactive ketones (excluding diaryl/α,β-unsaturated/α-hetero) is 1. The number of carbonyl (C=O) groups is 1. The largest absolute Gasteiger partial charge is 0.328 e. The molecule has 0 aromatic carbocycles. The number of nitrogens with zero attached hydrogens (tertiary/aromatic N) is 3. The minimum Gasteiger partial charge on any atom is -0.328 e. The van der Waals surface area contributed by atoms with Crippen LogP contribution in [0.3, 0.4) is 0 Å². The Labute approximate surface area is 83.3 Å². The smallest absolute Gasteiger partial charge is 0.181 e. The van der Waals surface area contributed by atoms with Crippen molar-refractivity contribution in [1.82, 2.24) is 15.0 Å². The molecule has 1 rings (SSSR count). The van der Waals surface area contributed by atoms with Gasteiger partial charge < -0.3 is 5.73 Å². The van der Waals surface area contributed by atoms with E-state index in [2.05, 4.69) is 10.3 Å². The molecule has 0 bridgehead atoms. The van der Waals surface area contributed by atoms with Crippen LogP contribution in [0.5, 0.6) is 0 Å². The summed E-state index contributed by atoms with van der Waals surface area (Å²) < 4.78 is 1.70. The zero-order valence-corrected chi connectivity index (χ0v) is 9.03. The lowest BCUT2D eigenvalue weighted by atomic mass is 10.1. The highest BCUT2D eigenvalue weighted by Crippen LogP contribution is 2.16. The summed E-state index contributed by atoms with van der Waals surface area (Å²) >= 11 is 0. The third-order valence-corrected chi connectivity index (χ3v) is 2.30. The summed E-state index contributed by atoms with van der Waals surface area (Å²) in [6.45, 7) is 7.68. The highest BCUT2D eigenvalue weighted by Gasteiger charge is 2.24. The fourth-order valence-corrected chi connectivity index (χ4v) is 1.32. The molecule has 0 saturated carbocycles. The van der Waals surface area contributed by atoms with Gasteiger partial charge in [0.2, 0.25) is 0 Å². The molecule has 0 amide bonds. The van der Waals surface area contributed by atoms with Crippen molar-refractivity contribution < 1.29 is 4.79 Å². The molecule has 1 aromatic rings. The maximum Gasteiger partial charge on any atom is 0.181 e. The van der Waals surface area contributed by atoms with E-state index in [1.54, 1.807) is 4.68 Å². The first-order valence-electron chi connectivity index (χ1n) is 4.54. The monoisotopic (exact) mass is 196 g/mol. The summed E-state index contributed by atoms with van der Waals surface area (Å²) in [5, 5.41) is 7.78. The highest BCUT2D eigenvalue weighted by atomic mass is 16.1. The van der Waals surface area contributed by atoms with Crippen LogP contribution in [-0.2, 0) is 5.54 Å². The Hall–Kier alpha value is -1.23. The average molecular weight is 196 g/mol. The van der Waals surface area contributed by atoms with Gasteiger partial charge >= 0.3 is 0 Å². The average Bonchev–Trinajstić information content (AvgIpc) is 2.47. The summed E-state index contributed by atoms with van der Waals surface area (Å²) in [6.07, 6.45) is 0. The first-order chi connectivity index (χ1) is 6.40. The van der Waals surface area contributed by atoms with E-state index in [4.69, 9.17) is 5.73 Å². The van der Waals surface area contributed by atoms with Crippen LogP contribution in [0.2, 0.25) is 0 Å². The van der Waals surface area contributed by atoms with Gasteiger partial charge in [-0.15, -0.1) is 5.10 Å². The van der Waals surface area contributed by atoms with E-state index in [0.29, 0.717) is 12.2 Å². The predicted octanol–water partition coefficient (Wildman–Crippen LogP) is 0.483. The molecule has 0 atom stereocenters. The molecule has 0 saturated heterocycles. The molecular formula is C9H16N4O. The zero-order chi connectivity index (χ0) is 10.9. The van der Waals surface area contributed by atoms with E-state index in [1.165, 1.54) is 6.92 Å². The third-order valence-electron chi connectivity index (χ3n) is 2.30. The standard InChI is InChI=1S/C9H16N4O/c1-6-8(7(2)14)11-12-13(6)9(3,4)5-10/h5,10H2,1-4H3. The lowest BCUT2D eigenvalue weighted by Gasteiger charge is -2.23. The summed E-state index contributed by atoms with van der Waals surface area (Å²) in [5.74, 6) is -0.0680. The summed E-state index contributed by atoms with van der Waals surface area (Å²) in [7, 11) is 0. The number of hydrogen-bond donors (Lipinski definition) is 1. The van der Waals surface area contributed by atoms with Gasteiger partial charge in [-0.25, -0.2) is 4.68 Å². The fourth-order valence-electron chi connectivity index (χ4n) is 1.32. The van der Waals surface area contributed by atoms with Crippen LogP contribution >= 0.6 is 0 Å². The Morgan fingerprint density at radius 3 is 2.50 bits per heavy atom. The first-order valence-corrected chi connectivity index (χ1v) is 4.54. The van der Waals surface area contributed by atoms with Gasteiger partial charge in [0.15, 0.2) is 11.5 Å². The third kappa shape index (κ3) is 1.68. The van der Waals surface area contributed by atoms with E-state index >= 15 is 0 Å². The highest BCUT2D eigenvalue weighted by molar-refractivity contribution is 5.92. The maximum atomic E-state index is 11.1. The second kappa shape index (κ2) is 3.49. The molecule has 1 heterocycles. The predicted molar refractivity (Wildman–Crippen MR) is 53.1 cm³/mol. The normalized spacial score (nSPS) is 11.8. The van der Waals surface area contributed by atoms with Gasteiger partial charge in [0.25, 0.3) is 0 Å². The second-order valence-electron chi connectivity index (χ2n) is 4.01. The van der Waals surface area contributed by atoms with Crippen molar-refractivity contribution in [2.75, 3.05) is 6.54 Å². The van der Waals surface area contributed by atoms with Crippen molar-refractivity contribution in [3.63, 3.8) is 0 Å². The van der Waals surface area contributed by atoms with Crippen LogP contribution < -0.4 is 5.73 Å². The van der Waals surface area contributed by atoms with Gasteiger partial charge in [0.05, 0.1) is 11.2 Å². The molecule has 0 aliphatic heterocycles. The van der Waals surface area contributed by atoms with Crippen LogP contribution in [0.15, 0.2) is 0 Å². The number of hydrogen-bond acceptors (Lipinski definition) is 4. The molecule has 0 unspecified atom stereocenters. The van der Waals surface area contributed by atoms with Gasteiger partial charge in [-0.05, 0) is 20.8 Å². The van der Waals surface area contributed by atoms with Crippen molar-refractivity contribution in [3.8, 4) is 0 Å². The van der Waals surface area contributed by atoms with Crippen molar-refractivity contribution >= 4 is 5.78 Å². The van der Waals surface area contributed by atoms with E-state index in [1.807, 2.05) is 20.8 Å². The van der Waals surface area contributed by atoms with Crippen molar-refractivity contribution in [2.45, 2.75) is 33.2 Å². The summed E-state index contributed by atoms with van der Waals surface area (Å²) in [6, 6.07) is 0. The lowest BCUT2D eigenvalue weighted by Crippen LogP contribution is -2.36. The van der Waals surface area contributed by atoms with Crippen LogP contribution in [0.1, 0.15) is 37.0 Å². The Bertz CT molecular complexity index is 354. The van der Waals surface area contributed by atoms with Crippen molar-refractivity contribution in [1.29, 1.82) is 0 Å². The molecule has 0 aliphatic rings. The van der Waals surface area contributed by atoms with Crippen LogP contribution in [0, 0.1) is 6.92 Å². The zero-order valence-electron chi connectivity index (χ0n) is 9.03. The first kappa shape index (κ1) is 10.8. The lowest BCUT2D eigenvalue weighted by molar-refractivity contribution is 0.101. The molecule has 2 N–H and O–H groups in total. The van der Waals surface area contributed by atoms with Gasteiger partial charge in [-0.2, -0.15) is 0 Å². The Kier molecular flexibility index (Phi) is 2.71. The Balaban J connectivity index is 3.19. The Morgan fingerprint density at radius 1 is 1.57 bits per heavy atom. The SMILES string of the molecule is CC(=O)c1nnn(C(C)(C)CN)c1C. The minimum atomic E-state index is -0.301. The quantitative estimate of drug-likeness (QED) is 0.714. The molecular weight excluding hydrogens is 180 g/mol. The van der Waals surface area contributed by atoms with Crippen molar-refractivity contribution in [2.24, 2.45) is 5.73 Å². The number of rotatable bonds is 3. The molecule has 5 heteroatoms. The van der Waals surface area contributed by atoms with Gasteiger partial charge in [0.1, 0.15) is 0 Å². The van der Waals surface area contributed by atoms with Crippen molar-refractivity contribution in [3.05, 3.63) is 11.4 Å². The molecule has 5 nitrogen and oxygen atoms in total. The number of carbonyl (C=O) groups excluding carboxylic acids is 1. The molecule has 0 aliphatic carbocycles. The van der Waals surface area contributed by atoms with E-state index in [0.717, 1.165) is 5.69 Å². The van der Waals surface area contributed by atoms with Gasteiger partial charge in [-0.1, -0.05) is 5.21 Å². The molecule has 0 spiro atoms. The summed E-state index contributed by atoms with van der Waals surface area (Å²) in [4.78, 5) is 11.1. The topological polar surface area (TPSA) is 73.8 Å². The van der Waals surface area contributed by atoms with Gasteiger partial charge in [0, 0.05) is 13.5 Å². The molecule has 14 heavy (non-hydrogen) atoms. The van der Waals surface area contributed by atoms with Gasteiger partial charge in [-0.3, -0.25) is 4.79 Å².